The van der Waals surface area contributed by atoms with E-state index in [4.69, 9.17) is 11.6 Å². The van der Waals surface area contributed by atoms with Gasteiger partial charge in [-0.25, -0.2) is 4.98 Å². The van der Waals surface area contributed by atoms with Crippen LogP contribution in [-0.4, -0.2) is 15.9 Å². The summed E-state index contributed by atoms with van der Waals surface area (Å²) >= 11 is 7.34. The van der Waals surface area contributed by atoms with Gasteiger partial charge in [-0.15, -0.1) is 11.3 Å². The van der Waals surface area contributed by atoms with E-state index in [1.807, 2.05) is 19.1 Å². The lowest BCUT2D eigenvalue weighted by Crippen LogP contribution is -2.13. The third kappa shape index (κ3) is 3.16. The molecule has 0 fully saturated rings. The summed E-state index contributed by atoms with van der Waals surface area (Å²) in [7, 11) is 0. The van der Waals surface area contributed by atoms with Gasteiger partial charge in [-0.05, 0) is 42.8 Å². The second-order valence-corrected chi connectivity index (χ2v) is 5.98. The normalized spacial score (nSPS) is 10.5. The zero-order chi connectivity index (χ0) is 15.5. The molecule has 0 aliphatic heterocycles. The Bertz CT molecular complexity index is 817. The van der Waals surface area contributed by atoms with Gasteiger partial charge in [0.05, 0.1) is 0 Å². The number of nitrogens with one attached hydrogen (secondary N) is 1. The number of aryl methyl sites for hydroxylation is 1. The molecule has 0 bridgehead atoms. The molecule has 0 atom stereocenters. The number of nitrogens with zero attached hydrogens (tertiary/aromatic N) is 2. The van der Waals surface area contributed by atoms with E-state index < -0.39 is 0 Å². The molecule has 0 saturated carbocycles. The molecule has 3 rings (SSSR count). The zero-order valence-electron chi connectivity index (χ0n) is 11.7. The van der Waals surface area contributed by atoms with Crippen molar-refractivity contribution in [2.45, 2.75) is 6.92 Å². The van der Waals surface area contributed by atoms with Crippen LogP contribution >= 0.6 is 22.9 Å². The molecular formula is C16H12ClN3OS. The third-order valence-electron chi connectivity index (χ3n) is 3.10. The van der Waals surface area contributed by atoms with E-state index in [0.717, 1.165) is 21.8 Å². The van der Waals surface area contributed by atoms with E-state index in [0.29, 0.717) is 10.7 Å². The summed E-state index contributed by atoms with van der Waals surface area (Å²) in [6.45, 7) is 1.89. The lowest BCUT2D eigenvalue weighted by molar-refractivity contribution is 0.102. The van der Waals surface area contributed by atoms with Crippen molar-refractivity contribution in [3.63, 3.8) is 0 Å². The first-order valence-electron chi connectivity index (χ1n) is 6.57. The highest BCUT2D eigenvalue weighted by Crippen LogP contribution is 2.24. The molecule has 110 valence electrons. The van der Waals surface area contributed by atoms with Crippen LogP contribution in [0.25, 0.3) is 10.6 Å². The third-order valence-corrected chi connectivity index (χ3v) is 4.23. The molecule has 0 spiro atoms. The molecule has 22 heavy (non-hydrogen) atoms. The van der Waals surface area contributed by atoms with Gasteiger partial charge in [0, 0.05) is 34.0 Å². The Morgan fingerprint density at radius 1 is 1.23 bits per heavy atom. The second-order valence-electron chi connectivity index (χ2n) is 4.69. The van der Waals surface area contributed by atoms with Gasteiger partial charge in [0.2, 0.25) is 0 Å². The summed E-state index contributed by atoms with van der Waals surface area (Å²) in [6, 6.07) is 9.06. The number of benzene rings is 1. The largest absolute Gasteiger partial charge is 0.320 e. The van der Waals surface area contributed by atoms with Gasteiger partial charge in [-0.2, -0.15) is 0 Å². The highest BCUT2D eigenvalue weighted by molar-refractivity contribution is 7.13. The van der Waals surface area contributed by atoms with Crippen LogP contribution in [0.4, 0.5) is 5.69 Å². The molecule has 0 radical (unpaired) electrons. The van der Waals surface area contributed by atoms with E-state index in [-0.39, 0.29) is 5.91 Å². The van der Waals surface area contributed by atoms with Crippen molar-refractivity contribution < 1.29 is 4.79 Å². The maximum absolute atomic E-state index is 12.3. The molecule has 2 aromatic heterocycles. The number of thiazole rings is 1. The Morgan fingerprint density at radius 3 is 2.73 bits per heavy atom. The number of hydrogen-bond donors (Lipinski definition) is 1. The van der Waals surface area contributed by atoms with Crippen molar-refractivity contribution in [1.29, 1.82) is 0 Å². The monoisotopic (exact) mass is 329 g/mol. The van der Waals surface area contributed by atoms with Crippen LogP contribution in [0.5, 0.6) is 0 Å². The van der Waals surface area contributed by atoms with E-state index in [1.165, 1.54) is 11.3 Å². The number of halogens is 1. The molecule has 4 nitrogen and oxygen atoms in total. The van der Waals surface area contributed by atoms with Gasteiger partial charge in [0.1, 0.15) is 10.7 Å². The molecule has 1 amide bonds. The molecule has 1 N–H and O–H groups in total. The number of anilines is 1. The van der Waals surface area contributed by atoms with Crippen LogP contribution in [0.1, 0.15) is 16.1 Å². The molecule has 0 unspecified atom stereocenters. The predicted molar refractivity (Wildman–Crippen MR) is 89.5 cm³/mol. The first-order chi connectivity index (χ1) is 10.6. The van der Waals surface area contributed by atoms with E-state index in [2.05, 4.69) is 15.3 Å². The standard InChI is InChI=1S/C16H12ClN3OS/c1-10-8-12(17)2-3-13(10)19-15(21)14-9-22-16(20-14)11-4-6-18-7-5-11/h2-9H,1H3,(H,19,21). The number of carbonyl (C=O) groups is 1. The average molecular weight is 330 g/mol. The SMILES string of the molecule is Cc1cc(Cl)ccc1NC(=O)c1csc(-c2ccncc2)n1. The predicted octanol–water partition coefficient (Wildman–Crippen LogP) is 4.42. The lowest BCUT2D eigenvalue weighted by Gasteiger charge is -2.07. The van der Waals surface area contributed by atoms with Crippen molar-refractivity contribution in [3.8, 4) is 10.6 Å². The molecule has 1 aromatic carbocycles. The van der Waals surface area contributed by atoms with Crippen LogP contribution in [0, 0.1) is 6.92 Å². The summed E-state index contributed by atoms with van der Waals surface area (Å²) in [5, 5.41) is 6.03. The summed E-state index contributed by atoms with van der Waals surface area (Å²) in [4.78, 5) is 20.6. The Labute approximate surface area is 136 Å². The highest BCUT2D eigenvalue weighted by atomic mass is 35.5. The van der Waals surface area contributed by atoms with Gasteiger partial charge in [0.25, 0.3) is 5.91 Å². The van der Waals surface area contributed by atoms with Gasteiger partial charge in [-0.3, -0.25) is 9.78 Å². The maximum Gasteiger partial charge on any atom is 0.275 e. The number of rotatable bonds is 3. The van der Waals surface area contributed by atoms with Gasteiger partial charge in [0.15, 0.2) is 0 Å². The van der Waals surface area contributed by atoms with Crippen molar-refractivity contribution in [3.05, 3.63) is 64.4 Å². The molecule has 0 aliphatic rings. The molecule has 3 aromatic rings. The summed E-state index contributed by atoms with van der Waals surface area (Å²) in [5.74, 6) is -0.234. The van der Waals surface area contributed by atoms with Crippen molar-refractivity contribution in [2.75, 3.05) is 5.32 Å². The van der Waals surface area contributed by atoms with Crippen LogP contribution in [0.3, 0.4) is 0 Å². The fraction of sp³-hybridized carbons (Fsp3) is 0.0625. The number of hydrogen-bond acceptors (Lipinski definition) is 4. The quantitative estimate of drug-likeness (QED) is 0.774. The molecule has 0 aliphatic carbocycles. The lowest BCUT2D eigenvalue weighted by atomic mass is 10.2. The van der Waals surface area contributed by atoms with Crippen LogP contribution < -0.4 is 5.32 Å². The fourth-order valence-corrected chi connectivity index (χ4v) is 2.99. The number of carbonyl (C=O) groups excluding carboxylic acids is 1. The van der Waals surface area contributed by atoms with E-state index in [1.54, 1.807) is 36.0 Å². The zero-order valence-corrected chi connectivity index (χ0v) is 13.3. The van der Waals surface area contributed by atoms with Crippen LogP contribution in [0.15, 0.2) is 48.1 Å². The summed E-state index contributed by atoms with van der Waals surface area (Å²) in [6.07, 6.45) is 3.40. The Balaban J connectivity index is 1.80. The minimum Gasteiger partial charge on any atom is -0.320 e. The van der Waals surface area contributed by atoms with Gasteiger partial charge >= 0.3 is 0 Å². The molecule has 6 heteroatoms. The molecule has 2 heterocycles. The summed E-state index contributed by atoms with van der Waals surface area (Å²) in [5.41, 5.74) is 2.98. The van der Waals surface area contributed by atoms with Crippen molar-refractivity contribution in [1.82, 2.24) is 9.97 Å². The first kappa shape index (κ1) is 14.7. The second kappa shape index (κ2) is 6.25. The van der Waals surface area contributed by atoms with E-state index >= 15 is 0 Å². The van der Waals surface area contributed by atoms with Gasteiger partial charge in [-0.1, -0.05) is 11.6 Å². The van der Waals surface area contributed by atoms with Crippen LogP contribution in [-0.2, 0) is 0 Å². The Morgan fingerprint density at radius 2 is 2.00 bits per heavy atom. The summed E-state index contributed by atoms with van der Waals surface area (Å²) < 4.78 is 0. The number of amides is 1. The first-order valence-corrected chi connectivity index (χ1v) is 7.82. The minimum absolute atomic E-state index is 0.234. The Kier molecular flexibility index (Phi) is 4.18. The van der Waals surface area contributed by atoms with Gasteiger partial charge < -0.3 is 5.32 Å². The smallest absolute Gasteiger partial charge is 0.275 e. The number of pyridine rings is 1. The molecule has 0 saturated heterocycles. The Hall–Kier alpha value is -2.24. The van der Waals surface area contributed by atoms with Crippen molar-refractivity contribution >= 4 is 34.5 Å². The van der Waals surface area contributed by atoms with Crippen LogP contribution in [0.2, 0.25) is 5.02 Å². The minimum atomic E-state index is -0.234. The average Bonchev–Trinajstić information content (AvgIpc) is 3.01. The topological polar surface area (TPSA) is 54.9 Å². The maximum atomic E-state index is 12.3. The number of aromatic nitrogens is 2. The van der Waals surface area contributed by atoms with Crippen molar-refractivity contribution in [2.24, 2.45) is 0 Å². The van der Waals surface area contributed by atoms with E-state index in [9.17, 15) is 4.79 Å². The fourth-order valence-electron chi connectivity index (χ4n) is 1.96. The highest BCUT2D eigenvalue weighted by Gasteiger charge is 2.13. The molecular weight excluding hydrogens is 318 g/mol.